The van der Waals surface area contributed by atoms with E-state index in [9.17, 15) is 14.7 Å². The lowest BCUT2D eigenvalue weighted by Crippen LogP contribution is -2.62. The lowest BCUT2D eigenvalue weighted by Gasteiger charge is -2.42. The number of aliphatic hydroxyl groups is 1. The average Bonchev–Trinajstić information content (AvgIpc) is 3.35. The number of piperazine rings is 1. The first-order chi connectivity index (χ1) is 22.1. The van der Waals surface area contributed by atoms with Crippen molar-refractivity contribution in [2.24, 2.45) is 5.92 Å². The van der Waals surface area contributed by atoms with Crippen LogP contribution in [0.2, 0.25) is 0 Å². The minimum atomic E-state index is -0.665. The molecule has 2 heterocycles. The summed E-state index contributed by atoms with van der Waals surface area (Å²) in [5.41, 5.74) is 3.86. The second kappa shape index (κ2) is 15.3. The highest BCUT2D eigenvalue weighted by atomic mass is 16.5. The molecule has 1 aromatic heterocycles. The predicted molar refractivity (Wildman–Crippen MR) is 179 cm³/mol. The number of amides is 2. The summed E-state index contributed by atoms with van der Waals surface area (Å²) >= 11 is 0. The molecular formula is C37H49N5O4. The lowest BCUT2D eigenvalue weighted by atomic mass is 9.91. The van der Waals surface area contributed by atoms with Crippen molar-refractivity contribution in [2.75, 3.05) is 33.3 Å². The van der Waals surface area contributed by atoms with Crippen LogP contribution in [0.25, 0.3) is 0 Å². The Balaban J connectivity index is 1.31. The highest BCUT2D eigenvalue weighted by Gasteiger charge is 2.37. The molecule has 1 aliphatic carbocycles. The maximum absolute atomic E-state index is 14.0. The van der Waals surface area contributed by atoms with Gasteiger partial charge < -0.3 is 20.5 Å². The smallest absolute Gasteiger partial charge is 0.239 e. The third-order valence-electron chi connectivity index (χ3n) is 9.02. The summed E-state index contributed by atoms with van der Waals surface area (Å²) in [7, 11) is 1.68. The first-order valence-corrected chi connectivity index (χ1v) is 16.4. The molecule has 3 aromatic rings. The van der Waals surface area contributed by atoms with Gasteiger partial charge in [0.25, 0.3) is 0 Å². The lowest BCUT2D eigenvalue weighted by molar-refractivity contribution is -0.133. The van der Waals surface area contributed by atoms with E-state index in [1.807, 2.05) is 87.6 Å². The third kappa shape index (κ3) is 9.00. The summed E-state index contributed by atoms with van der Waals surface area (Å²) in [5.74, 6) is -0.498. The van der Waals surface area contributed by atoms with Crippen LogP contribution in [-0.4, -0.2) is 88.8 Å². The Morgan fingerprint density at radius 2 is 1.76 bits per heavy atom. The Labute approximate surface area is 273 Å². The number of hydrogen-bond acceptors (Lipinski definition) is 7. The van der Waals surface area contributed by atoms with Crippen molar-refractivity contribution in [2.45, 2.75) is 76.4 Å². The number of nitrogens with one attached hydrogen (secondary N) is 2. The Hall–Kier alpha value is -3.63. The van der Waals surface area contributed by atoms with E-state index in [0.717, 1.165) is 35.3 Å². The SMILES string of the molecule is CO[C@@H](C[C@@H](Cc1ccccc1)C(=O)N[C@H]1c2ccccc2C[C@H]1O)CN1CCN(Cc2cccnc2)C[C@H]1C(=O)NC(C)(C)C. The van der Waals surface area contributed by atoms with Gasteiger partial charge in [-0.15, -0.1) is 0 Å². The zero-order valence-corrected chi connectivity index (χ0v) is 27.6. The Bertz CT molecular complexity index is 1430. The number of pyridine rings is 1. The fraction of sp³-hybridized carbons (Fsp3) is 0.486. The van der Waals surface area contributed by atoms with Gasteiger partial charge in [-0.05, 0) is 61.9 Å². The summed E-state index contributed by atoms with van der Waals surface area (Å²) in [4.78, 5) is 36.4. The molecule has 9 heteroatoms. The highest BCUT2D eigenvalue weighted by molar-refractivity contribution is 5.83. The molecule has 2 aromatic carbocycles. The van der Waals surface area contributed by atoms with Crippen LogP contribution in [0, 0.1) is 5.92 Å². The van der Waals surface area contributed by atoms with Crippen LogP contribution < -0.4 is 10.6 Å². The number of fused-ring (bicyclic) bond motifs is 1. The number of rotatable bonds is 12. The second-order valence-electron chi connectivity index (χ2n) is 13.8. The maximum atomic E-state index is 14.0. The number of carbonyl (C=O) groups excluding carboxylic acids is 2. The van der Waals surface area contributed by atoms with Crippen molar-refractivity contribution in [1.29, 1.82) is 0 Å². The number of benzene rings is 2. The fourth-order valence-corrected chi connectivity index (χ4v) is 6.72. The molecule has 0 radical (unpaired) electrons. The molecule has 0 saturated carbocycles. The monoisotopic (exact) mass is 627 g/mol. The molecule has 46 heavy (non-hydrogen) atoms. The topological polar surface area (TPSA) is 107 Å². The normalized spacial score (nSPS) is 21.7. The number of hydrogen-bond donors (Lipinski definition) is 3. The van der Waals surface area contributed by atoms with E-state index in [4.69, 9.17) is 4.74 Å². The molecule has 0 spiro atoms. The van der Waals surface area contributed by atoms with Gasteiger partial charge in [0.2, 0.25) is 11.8 Å². The maximum Gasteiger partial charge on any atom is 0.239 e. The van der Waals surface area contributed by atoms with Crippen molar-refractivity contribution in [3.05, 3.63) is 101 Å². The molecule has 1 fully saturated rings. The minimum Gasteiger partial charge on any atom is -0.390 e. The van der Waals surface area contributed by atoms with Crippen molar-refractivity contribution >= 4 is 11.8 Å². The van der Waals surface area contributed by atoms with E-state index in [1.165, 1.54) is 0 Å². The number of methoxy groups -OCH3 is 1. The van der Waals surface area contributed by atoms with E-state index in [-0.39, 0.29) is 35.4 Å². The number of ether oxygens (including phenoxy) is 1. The third-order valence-corrected chi connectivity index (χ3v) is 9.02. The van der Waals surface area contributed by atoms with Crippen LogP contribution in [0.4, 0.5) is 0 Å². The zero-order valence-electron chi connectivity index (χ0n) is 27.6. The summed E-state index contributed by atoms with van der Waals surface area (Å²) in [6, 6.07) is 21.1. The summed E-state index contributed by atoms with van der Waals surface area (Å²) < 4.78 is 6.05. The van der Waals surface area contributed by atoms with Crippen LogP contribution in [0.3, 0.4) is 0 Å². The number of aliphatic hydroxyl groups excluding tert-OH is 1. The van der Waals surface area contributed by atoms with Gasteiger partial charge in [0, 0.05) is 70.1 Å². The molecule has 0 bridgehead atoms. The summed E-state index contributed by atoms with van der Waals surface area (Å²) in [6.07, 6.45) is 4.24. The van der Waals surface area contributed by atoms with Gasteiger partial charge in [-0.2, -0.15) is 0 Å². The molecule has 0 unspecified atom stereocenters. The summed E-state index contributed by atoms with van der Waals surface area (Å²) in [6.45, 7) is 9.32. The summed E-state index contributed by atoms with van der Waals surface area (Å²) in [5, 5.41) is 17.2. The first kappa shape index (κ1) is 33.7. The van der Waals surface area contributed by atoms with E-state index in [2.05, 4.69) is 31.5 Å². The molecule has 5 rings (SSSR count). The molecule has 3 N–H and O–H groups in total. The van der Waals surface area contributed by atoms with Gasteiger partial charge in [0.1, 0.15) is 6.04 Å². The van der Waals surface area contributed by atoms with Crippen LogP contribution >= 0.6 is 0 Å². The highest BCUT2D eigenvalue weighted by Crippen LogP contribution is 2.32. The van der Waals surface area contributed by atoms with Gasteiger partial charge >= 0.3 is 0 Å². The van der Waals surface area contributed by atoms with Crippen molar-refractivity contribution < 1.29 is 19.4 Å². The van der Waals surface area contributed by atoms with Gasteiger partial charge in [-0.25, -0.2) is 0 Å². The first-order valence-electron chi connectivity index (χ1n) is 16.4. The predicted octanol–water partition coefficient (Wildman–Crippen LogP) is 3.52. The molecule has 246 valence electrons. The minimum absolute atomic E-state index is 0.00861. The van der Waals surface area contributed by atoms with Crippen molar-refractivity contribution in [1.82, 2.24) is 25.4 Å². The molecule has 2 aliphatic rings. The number of carbonyl (C=O) groups is 2. The van der Waals surface area contributed by atoms with Crippen LogP contribution in [0.5, 0.6) is 0 Å². The van der Waals surface area contributed by atoms with Crippen LogP contribution in [-0.2, 0) is 33.7 Å². The molecule has 5 atom stereocenters. The number of nitrogens with zero attached hydrogens (tertiary/aromatic N) is 3. The van der Waals surface area contributed by atoms with E-state index < -0.39 is 12.1 Å². The Morgan fingerprint density at radius 3 is 2.48 bits per heavy atom. The van der Waals surface area contributed by atoms with E-state index in [0.29, 0.717) is 38.9 Å². The largest absolute Gasteiger partial charge is 0.390 e. The zero-order chi connectivity index (χ0) is 32.7. The van der Waals surface area contributed by atoms with Gasteiger partial charge in [-0.3, -0.25) is 24.4 Å². The van der Waals surface area contributed by atoms with E-state index in [1.54, 1.807) is 13.3 Å². The van der Waals surface area contributed by atoms with E-state index >= 15 is 0 Å². The Kier molecular flexibility index (Phi) is 11.2. The van der Waals surface area contributed by atoms with Crippen LogP contribution in [0.1, 0.15) is 55.5 Å². The second-order valence-corrected chi connectivity index (χ2v) is 13.8. The van der Waals surface area contributed by atoms with Crippen LogP contribution in [0.15, 0.2) is 79.1 Å². The quantitative estimate of drug-likeness (QED) is 0.282. The fourth-order valence-electron chi connectivity index (χ4n) is 6.72. The molecular weight excluding hydrogens is 578 g/mol. The molecule has 2 amide bonds. The van der Waals surface area contributed by atoms with Crippen molar-refractivity contribution in [3.8, 4) is 0 Å². The molecule has 1 aliphatic heterocycles. The number of aromatic nitrogens is 1. The van der Waals surface area contributed by atoms with Crippen molar-refractivity contribution in [3.63, 3.8) is 0 Å². The molecule has 1 saturated heterocycles. The molecule has 9 nitrogen and oxygen atoms in total. The Morgan fingerprint density at radius 1 is 1.02 bits per heavy atom. The average molecular weight is 628 g/mol. The van der Waals surface area contributed by atoms with Gasteiger partial charge in [0.15, 0.2) is 0 Å². The van der Waals surface area contributed by atoms with Gasteiger partial charge in [-0.1, -0.05) is 60.7 Å². The standard InChI is InChI=1S/C37H49N5O4/c1-37(2,3)40-36(45)32-25-41(23-27-13-10-16-38-22-27)17-18-42(32)24-30(46-4)20-29(19-26-11-6-5-7-12-26)35(44)39-34-31-15-9-8-14-28(31)21-33(34)43/h5-16,22,29-30,32-34,43H,17-21,23-25H2,1-4H3,(H,39,44)(H,40,45)/t29-,30+,32+,33-,34+/m1/s1. The van der Waals surface area contributed by atoms with Gasteiger partial charge in [0.05, 0.1) is 18.2 Å².